The Morgan fingerprint density at radius 2 is 1.49 bits per heavy atom. The van der Waals surface area contributed by atoms with Gasteiger partial charge in [-0.05, 0) is 39.3 Å². The highest BCUT2D eigenvalue weighted by atomic mass is 32.2. The summed E-state index contributed by atoms with van der Waals surface area (Å²) in [5.41, 5.74) is -0.741. The third-order valence-electron chi connectivity index (χ3n) is 9.87. The number of aromatic nitrogens is 1. The molecule has 55 heavy (non-hydrogen) atoms. The van der Waals surface area contributed by atoms with Crippen LogP contribution < -0.4 is 31.9 Å². The van der Waals surface area contributed by atoms with Crippen molar-refractivity contribution in [1.29, 1.82) is 0 Å². The Morgan fingerprint density at radius 1 is 0.855 bits per heavy atom. The maximum Gasteiger partial charge on any atom is 0.246 e. The summed E-state index contributed by atoms with van der Waals surface area (Å²) in [5.74, 6) is -6.26. The summed E-state index contributed by atoms with van der Waals surface area (Å²) in [4.78, 5) is 101. The van der Waals surface area contributed by atoms with Crippen LogP contribution in [0.3, 0.4) is 0 Å². The van der Waals surface area contributed by atoms with Crippen LogP contribution >= 0.6 is 11.8 Å². The van der Waals surface area contributed by atoms with E-state index in [1.807, 2.05) is 0 Å². The van der Waals surface area contributed by atoms with E-state index >= 15 is 0 Å². The van der Waals surface area contributed by atoms with Gasteiger partial charge in [0.1, 0.15) is 42.3 Å². The Hall–Kier alpha value is -4.76. The van der Waals surface area contributed by atoms with Crippen molar-refractivity contribution in [2.45, 2.75) is 112 Å². The lowest BCUT2D eigenvalue weighted by molar-refractivity contribution is -0.142. The van der Waals surface area contributed by atoms with Crippen LogP contribution in [-0.2, 0) is 40.0 Å². The van der Waals surface area contributed by atoms with E-state index in [4.69, 9.17) is 0 Å². The van der Waals surface area contributed by atoms with Crippen molar-refractivity contribution in [1.82, 2.24) is 41.8 Å². The van der Waals surface area contributed by atoms with E-state index in [9.17, 15) is 54.0 Å². The number of benzene rings is 1. The molecule has 4 heterocycles. The van der Waals surface area contributed by atoms with E-state index in [1.54, 1.807) is 24.3 Å². The molecule has 2 aromatic rings. The van der Waals surface area contributed by atoms with Gasteiger partial charge in [-0.1, -0.05) is 18.2 Å². The fourth-order valence-corrected chi connectivity index (χ4v) is 7.85. The van der Waals surface area contributed by atoms with E-state index in [1.165, 1.54) is 27.7 Å². The molecule has 3 aliphatic rings. The lowest BCUT2D eigenvalue weighted by atomic mass is 9.96. The summed E-state index contributed by atoms with van der Waals surface area (Å²) < 4.78 is 0. The first-order valence-electron chi connectivity index (χ1n) is 17.9. The van der Waals surface area contributed by atoms with Gasteiger partial charge in [-0.2, -0.15) is 0 Å². The molecule has 10 atom stereocenters. The first kappa shape index (κ1) is 41.4. The molecular formula is C35H48N8O11S. The predicted molar refractivity (Wildman–Crippen MR) is 196 cm³/mol. The average molecular weight is 789 g/mol. The Kier molecular flexibility index (Phi) is 12.8. The maximum atomic E-state index is 14.3. The quantitative estimate of drug-likeness (QED) is 0.143. The van der Waals surface area contributed by atoms with E-state index in [2.05, 4.69) is 36.9 Å². The number of carbonyl (C=O) groups is 7. The van der Waals surface area contributed by atoms with Crippen molar-refractivity contribution in [2.24, 2.45) is 0 Å². The van der Waals surface area contributed by atoms with E-state index in [-0.39, 0.29) is 25.1 Å². The van der Waals surface area contributed by atoms with Gasteiger partial charge in [0, 0.05) is 42.5 Å². The number of para-hydroxylation sites is 1. The van der Waals surface area contributed by atoms with Crippen LogP contribution in [0.4, 0.5) is 0 Å². The average Bonchev–Trinajstić information content (AvgIpc) is 3.69. The molecule has 1 fully saturated rings. The molecule has 0 radical (unpaired) electrons. The van der Waals surface area contributed by atoms with Crippen LogP contribution in [-0.4, -0.2) is 151 Å². The molecule has 7 amide bonds. The Balaban J connectivity index is 1.69. The number of hydrogen-bond donors (Lipinski definition) is 11. The fraction of sp³-hybridized carbons (Fsp3) is 0.571. The zero-order chi connectivity index (χ0) is 40.4. The molecule has 300 valence electrons. The third-order valence-corrected chi connectivity index (χ3v) is 11.0. The molecule has 2 bridgehead atoms. The molecule has 1 aromatic heterocycles. The van der Waals surface area contributed by atoms with Crippen molar-refractivity contribution in [3.05, 3.63) is 29.8 Å². The maximum absolute atomic E-state index is 14.3. The molecule has 11 N–H and O–H groups in total. The normalized spacial score (nSPS) is 30.8. The van der Waals surface area contributed by atoms with Crippen molar-refractivity contribution >= 4 is 64.0 Å². The van der Waals surface area contributed by atoms with Crippen LogP contribution in [0.2, 0.25) is 0 Å². The van der Waals surface area contributed by atoms with Gasteiger partial charge in [0.15, 0.2) is 0 Å². The number of hydrogen-bond acceptors (Lipinski definition) is 12. The SMILES string of the molecule is C[C@@H]1NC(=O)[C@H](CC(C)(O)CO)NC(=O)[C@@H]2Cc3c([nH]c4ccccc34)SC[C@H](NC(=O)[C@@H]([C@H](C)O)NC1=O)C(=O)N1C[C@@H](O)C[C@H]1C(=O)N[C@@H](C)C(=O)N2. The van der Waals surface area contributed by atoms with Crippen molar-refractivity contribution in [3.8, 4) is 0 Å². The number of aliphatic hydroxyl groups excluding tert-OH is 3. The molecule has 1 unspecified atom stereocenters. The first-order chi connectivity index (χ1) is 25.9. The van der Waals surface area contributed by atoms with Crippen molar-refractivity contribution in [2.75, 3.05) is 18.9 Å². The van der Waals surface area contributed by atoms with E-state index in [0.717, 1.165) is 16.7 Å². The topological polar surface area (TPSA) is 292 Å². The molecule has 0 saturated carbocycles. The van der Waals surface area contributed by atoms with Crippen LogP contribution in [0.15, 0.2) is 29.3 Å². The number of fused-ring (bicyclic) bond motifs is 5. The smallest absolute Gasteiger partial charge is 0.246 e. The summed E-state index contributed by atoms with van der Waals surface area (Å²) in [7, 11) is 0. The fourth-order valence-electron chi connectivity index (χ4n) is 6.74. The Morgan fingerprint density at radius 3 is 2.16 bits per heavy atom. The number of nitrogens with zero attached hydrogens (tertiary/aromatic N) is 1. The molecule has 5 rings (SSSR count). The number of carbonyl (C=O) groups excluding carboxylic acids is 7. The molecule has 0 aliphatic carbocycles. The van der Waals surface area contributed by atoms with E-state index < -0.39 is 114 Å². The molecule has 1 saturated heterocycles. The lowest BCUT2D eigenvalue weighted by Crippen LogP contribution is -2.61. The number of H-pyrrole nitrogens is 1. The van der Waals surface area contributed by atoms with Gasteiger partial charge in [-0.15, -0.1) is 11.8 Å². The number of aromatic amines is 1. The summed E-state index contributed by atoms with van der Waals surface area (Å²) in [5, 5.41) is 58.1. The lowest BCUT2D eigenvalue weighted by Gasteiger charge is -2.31. The zero-order valence-corrected chi connectivity index (χ0v) is 31.6. The number of nitrogens with one attached hydrogen (secondary N) is 7. The first-order valence-corrected chi connectivity index (χ1v) is 18.9. The van der Waals surface area contributed by atoms with Gasteiger partial charge >= 0.3 is 0 Å². The minimum absolute atomic E-state index is 0.170. The van der Waals surface area contributed by atoms with Crippen molar-refractivity contribution in [3.63, 3.8) is 0 Å². The minimum atomic E-state index is -1.90. The minimum Gasteiger partial charge on any atom is -0.393 e. The summed E-state index contributed by atoms with van der Waals surface area (Å²) in [6.45, 7) is 4.02. The molecular weight excluding hydrogens is 740 g/mol. The third kappa shape index (κ3) is 9.55. The highest BCUT2D eigenvalue weighted by Gasteiger charge is 2.44. The highest BCUT2D eigenvalue weighted by Crippen LogP contribution is 2.32. The summed E-state index contributed by atoms with van der Waals surface area (Å²) in [6, 6.07) is -2.86. The number of aliphatic hydroxyl groups is 4. The standard InChI is InChI=1S/C35H48N8O11S/c1-15-27(47)38-22-10-20-19-7-5-6-8-21(19)41-33(20)55-13-24(34(53)43-12-18(46)9-25(43)31(51)37-15)40-32(52)26(17(3)45)42-28(48)16(2)36-30(50)23(39-29(22)49)11-35(4,54)14-44/h5-8,15-18,22-26,41,44-46,54H,9-14H2,1-4H3,(H,36,50)(H,37,51)(H,38,47)(H,39,49)(H,40,52)(H,42,48)/t15-,16-,17-,18-,22-,23-,24-,25-,26+,35?/m0/s1. The molecule has 0 spiro atoms. The van der Waals surface area contributed by atoms with Crippen molar-refractivity contribution < 1.29 is 54.0 Å². The Labute approximate surface area is 320 Å². The van der Waals surface area contributed by atoms with Crippen LogP contribution in [0.5, 0.6) is 0 Å². The van der Waals surface area contributed by atoms with Crippen LogP contribution in [0, 0.1) is 0 Å². The number of thioether (sulfide) groups is 1. The molecule has 19 nitrogen and oxygen atoms in total. The summed E-state index contributed by atoms with van der Waals surface area (Å²) >= 11 is 1.08. The molecule has 3 aliphatic heterocycles. The van der Waals surface area contributed by atoms with Gasteiger partial charge in [0.25, 0.3) is 0 Å². The predicted octanol–water partition coefficient (Wildman–Crippen LogP) is -3.75. The molecule has 1 aromatic carbocycles. The largest absolute Gasteiger partial charge is 0.393 e. The number of rotatable bonds is 4. The van der Waals surface area contributed by atoms with Gasteiger partial charge in [0.05, 0.1) is 29.4 Å². The highest BCUT2D eigenvalue weighted by molar-refractivity contribution is 7.99. The van der Waals surface area contributed by atoms with Gasteiger partial charge < -0.3 is 62.2 Å². The Bertz CT molecular complexity index is 1840. The van der Waals surface area contributed by atoms with E-state index in [0.29, 0.717) is 21.5 Å². The second-order valence-corrected chi connectivity index (χ2v) is 15.6. The number of amides is 7. The second kappa shape index (κ2) is 16.9. The van der Waals surface area contributed by atoms with Crippen LogP contribution in [0.1, 0.15) is 46.1 Å². The monoisotopic (exact) mass is 788 g/mol. The van der Waals surface area contributed by atoms with Gasteiger partial charge in [-0.25, -0.2) is 0 Å². The van der Waals surface area contributed by atoms with Gasteiger partial charge in [0.2, 0.25) is 41.4 Å². The summed E-state index contributed by atoms with van der Waals surface area (Å²) in [6.07, 6.45) is -3.53. The molecule has 20 heteroatoms. The second-order valence-electron chi connectivity index (χ2n) is 14.6. The van der Waals surface area contributed by atoms with Crippen LogP contribution in [0.25, 0.3) is 10.9 Å². The zero-order valence-electron chi connectivity index (χ0n) is 30.8. The van der Waals surface area contributed by atoms with Gasteiger partial charge in [-0.3, -0.25) is 33.6 Å².